The monoisotopic (exact) mass is 516 g/mol. The van der Waals surface area contributed by atoms with E-state index in [2.05, 4.69) is 82.2 Å². The Kier molecular flexibility index (Phi) is 8.12. The van der Waals surface area contributed by atoms with Crippen molar-refractivity contribution in [2.24, 2.45) is 4.99 Å². The molecule has 1 unspecified atom stereocenters. The minimum absolute atomic E-state index is 0. The smallest absolute Gasteiger partial charge is 0.191 e. The van der Waals surface area contributed by atoms with E-state index in [1.807, 2.05) is 16.9 Å². The summed E-state index contributed by atoms with van der Waals surface area (Å²) in [5, 5.41) is 11.2. The van der Waals surface area contributed by atoms with E-state index < -0.39 is 0 Å². The zero-order valence-electron chi connectivity index (χ0n) is 17.2. The highest BCUT2D eigenvalue weighted by Gasteiger charge is 2.23. The summed E-state index contributed by atoms with van der Waals surface area (Å²) in [6.45, 7) is 5.65. The second kappa shape index (κ2) is 11.0. The van der Waals surface area contributed by atoms with E-state index in [-0.39, 0.29) is 24.0 Å². The van der Waals surface area contributed by atoms with Crippen LogP contribution in [-0.4, -0.2) is 41.4 Å². The maximum absolute atomic E-state index is 4.79. The summed E-state index contributed by atoms with van der Waals surface area (Å²) in [4.78, 5) is 7.22. The van der Waals surface area contributed by atoms with Crippen molar-refractivity contribution in [1.82, 2.24) is 20.4 Å². The van der Waals surface area contributed by atoms with Gasteiger partial charge in [-0.25, -0.2) is 9.67 Å². The Hall–Kier alpha value is -2.55. The third-order valence-electron chi connectivity index (χ3n) is 5.12. The Morgan fingerprint density at radius 2 is 1.87 bits per heavy atom. The molecule has 1 aliphatic heterocycles. The van der Waals surface area contributed by atoms with E-state index in [0.29, 0.717) is 12.6 Å². The lowest BCUT2D eigenvalue weighted by Crippen LogP contribution is -2.44. The summed E-state index contributed by atoms with van der Waals surface area (Å²) in [6.07, 6.45) is 4.84. The molecule has 2 aromatic carbocycles. The second-order valence-corrected chi connectivity index (χ2v) is 7.22. The van der Waals surface area contributed by atoms with Crippen LogP contribution < -0.4 is 15.5 Å². The molecular weight excluding hydrogens is 487 g/mol. The second-order valence-electron chi connectivity index (χ2n) is 7.22. The quantitative estimate of drug-likeness (QED) is 0.297. The molecule has 1 fully saturated rings. The number of nitrogens with zero attached hydrogens (tertiary/aromatic N) is 4. The molecule has 1 saturated heterocycles. The average Bonchev–Trinajstić information content (AvgIpc) is 3.46. The van der Waals surface area contributed by atoms with E-state index in [1.54, 1.807) is 6.20 Å². The molecule has 0 radical (unpaired) electrons. The molecule has 2 N–H and O–H groups in total. The zero-order chi connectivity index (χ0) is 19.9. The highest BCUT2D eigenvalue weighted by molar-refractivity contribution is 14.0. The van der Waals surface area contributed by atoms with E-state index in [1.165, 1.54) is 11.3 Å². The fourth-order valence-electron chi connectivity index (χ4n) is 3.61. The molecule has 0 aliphatic carbocycles. The standard InChI is InChI=1S/C23H28N6.HI/c1-2-24-23(27-20-13-16-28(18-20)21-7-4-3-5-8-21)25-17-19-9-11-22(12-10-19)29-15-6-14-26-29;/h3-12,14-15,20H,2,13,16-18H2,1H3,(H2,24,25,27);1H. The average molecular weight is 516 g/mol. The number of rotatable bonds is 6. The van der Waals surface area contributed by atoms with Gasteiger partial charge in [-0.3, -0.25) is 0 Å². The van der Waals surface area contributed by atoms with Crippen LogP contribution in [0.25, 0.3) is 5.69 Å². The number of para-hydroxylation sites is 1. The largest absolute Gasteiger partial charge is 0.369 e. The van der Waals surface area contributed by atoms with Gasteiger partial charge >= 0.3 is 0 Å². The molecule has 0 bridgehead atoms. The van der Waals surface area contributed by atoms with Crippen LogP contribution in [0.2, 0.25) is 0 Å². The van der Waals surface area contributed by atoms with Gasteiger partial charge in [0.15, 0.2) is 5.96 Å². The van der Waals surface area contributed by atoms with Gasteiger partial charge in [0.05, 0.1) is 12.2 Å². The van der Waals surface area contributed by atoms with Crippen LogP contribution in [0.3, 0.4) is 0 Å². The van der Waals surface area contributed by atoms with E-state index in [4.69, 9.17) is 4.99 Å². The van der Waals surface area contributed by atoms with Crippen LogP contribution >= 0.6 is 24.0 Å². The number of guanidine groups is 1. The molecule has 3 aromatic rings. The number of anilines is 1. The predicted octanol–water partition coefficient (Wildman–Crippen LogP) is 3.82. The van der Waals surface area contributed by atoms with Crippen molar-refractivity contribution in [3.05, 3.63) is 78.6 Å². The number of aromatic nitrogens is 2. The lowest BCUT2D eigenvalue weighted by molar-refractivity contribution is 0.649. The first-order valence-corrected chi connectivity index (χ1v) is 10.3. The SMILES string of the molecule is CCNC(=NCc1ccc(-n2cccn2)cc1)NC1CCN(c2ccccc2)C1.I. The van der Waals surface area contributed by atoms with Gasteiger partial charge in [-0.2, -0.15) is 5.10 Å². The summed E-state index contributed by atoms with van der Waals surface area (Å²) < 4.78 is 1.86. The topological polar surface area (TPSA) is 57.5 Å². The molecule has 7 heteroatoms. The van der Waals surface area contributed by atoms with Crippen molar-refractivity contribution in [3.63, 3.8) is 0 Å². The lowest BCUT2D eigenvalue weighted by atomic mass is 10.2. The van der Waals surface area contributed by atoms with Crippen LogP contribution in [-0.2, 0) is 6.54 Å². The van der Waals surface area contributed by atoms with Gasteiger partial charge < -0.3 is 15.5 Å². The van der Waals surface area contributed by atoms with Crippen molar-refractivity contribution >= 4 is 35.6 Å². The van der Waals surface area contributed by atoms with Crippen LogP contribution in [0.4, 0.5) is 5.69 Å². The number of aliphatic imine (C=N–C) groups is 1. The highest BCUT2D eigenvalue weighted by Crippen LogP contribution is 2.19. The first-order valence-electron chi connectivity index (χ1n) is 10.3. The molecule has 30 heavy (non-hydrogen) atoms. The van der Waals surface area contributed by atoms with Gasteiger partial charge in [0.1, 0.15) is 0 Å². The Bertz CT molecular complexity index is 909. The number of hydrogen-bond acceptors (Lipinski definition) is 3. The molecule has 158 valence electrons. The minimum Gasteiger partial charge on any atom is -0.369 e. The highest BCUT2D eigenvalue weighted by atomic mass is 127. The third kappa shape index (κ3) is 5.75. The number of benzene rings is 2. The maximum Gasteiger partial charge on any atom is 0.191 e. The van der Waals surface area contributed by atoms with Crippen LogP contribution in [0.15, 0.2) is 78.0 Å². The predicted molar refractivity (Wildman–Crippen MR) is 134 cm³/mol. The molecule has 0 spiro atoms. The van der Waals surface area contributed by atoms with Crippen LogP contribution in [0.1, 0.15) is 18.9 Å². The van der Waals surface area contributed by atoms with Crippen molar-refractivity contribution in [3.8, 4) is 5.69 Å². The number of hydrogen-bond donors (Lipinski definition) is 2. The zero-order valence-corrected chi connectivity index (χ0v) is 19.6. The van der Waals surface area contributed by atoms with Gasteiger partial charge in [-0.15, -0.1) is 24.0 Å². The fourth-order valence-corrected chi connectivity index (χ4v) is 3.61. The number of nitrogens with one attached hydrogen (secondary N) is 2. The molecule has 6 nitrogen and oxygen atoms in total. The summed E-state index contributed by atoms with van der Waals surface area (Å²) >= 11 is 0. The van der Waals surface area contributed by atoms with Crippen LogP contribution in [0.5, 0.6) is 0 Å². The summed E-state index contributed by atoms with van der Waals surface area (Å²) in [7, 11) is 0. The molecule has 0 saturated carbocycles. The molecule has 4 rings (SSSR count). The third-order valence-corrected chi connectivity index (χ3v) is 5.12. The first kappa shape index (κ1) is 22.1. The van der Waals surface area contributed by atoms with Gasteiger partial charge in [0.2, 0.25) is 0 Å². The van der Waals surface area contributed by atoms with E-state index in [9.17, 15) is 0 Å². The Labute approximate surface area is 195 Å². The van der Waals surface area contributed by atoms with Gasteiger partial charge in [0.25, 0.3) is 0 Å². The lowest BCUT2D eigenvalue weighted by Gasteiger charge is -2.20. The summed E-state index contributed by atoms with van der Waals surface area (Å²) in [5.74, 6) is 0.878. The maximum atomic E-state index is 4.79. The summed E-state index contributed by atoms with van der Waals surface area (Å²) in [6, 6.07) is 21.3. The molecular formula is C23H29IN6. The molecule has 1 atom stereocenters. The first-order chi connectivity index (χ1) is 14.3. The van der Waals surface area contributed by atoms with Gasteiger partial charge in [-0.05, 0) is 49.2 Å². The van der Waals surface area contributed by atoms with E-state index in [0.717, 1.165) is 37.7 Å². The summed E-state index contributed by atoms with van der Waals surface area (Å²) in [5.41, 5.74) is 3.52. The Balaban J connectivity index is 0.00000256. The molecule has 1 aromatic heterocycles. The normalized spacial score (nSPS) is 16.2. The number of halogens is 1. The van der Waals surface area contributed by atoms with Gasteiger partial charge in [-0.1, -0.05) is 30.3 Å². The Morgan fingerprint density at radius 1 is 1.07 bits per heavy atom. The molecule has 2 heterocycles. The van der Waals surface area contributed by atoms with Crippen LogP contribution in [0, 0.1) is 0 Å². The Morgan fingerprint density at radius 3 is 2.57 bits per heavy atom. The van der Waals surface area contributed by atoms with E-state index >= 15 is 0 Å². The molecule has 1 aliphatic rings. The minimum atomic E-state index is 0. The molecule has 0 amide bonds. The van der Waals surface area contributed by atoms with Crippen molar-refractivity contribution in [2.75, 3.05) is 24.5 Å². The fraction of sp³-hybridized carbons (Fsp3) is 0.304. The van der Waals surface area contributed by atoms with Gasteiger partial charge in [0, 0.05) is 43.8 Å². The van der Waals surface area contributed by atoms with Crippen molar-refractivity contribution in [2.45, 2.75) is 25.9 Å². The van der Waals surface area contributed by atoms with Crippen molar-refractivity contribution in [1.29, 1.82) is 0 Å². The van der Waals surface area contributed by atoms with Crippen molar-refractivity contribution < 1.29 is 0 Å².